The summed E-state index contributed by atoms with van der Waals surface area (Å²) in [4.78, 5) is 27.3. The van der Waals surface area contributed by atoms with Gasteiger partial charge in [0.15, 0.2) is 0 Å². The fourth-order valence-corrected chi connectivity index (χ4v) is 3.90. The van der Waals surface area contributed by atoms with E-state index in [0.29, 0.717) is 19.5 Å². The molecule has 2 aliphatic heterocycles. The largest absolute Gasteiger partial charge is 0.465 e. The number of benzene rings is 1. The van der Waals surface area contributed by atoms with Crippen molar-refractivity contribution in [3.05, 3.63) is 35.7 Å². The summed E-state index contributed by atoms with van der Waals surface area (Å²) in [6.45, 7) is 2.88. The molecule has 0 spiro atoms. The minimum Gasteiger partial charge on any atom is -0.465 e. The number of anilines is 1. The molecule has 1 saturated heterocycles. The molecule has 1 fully saturated rings. The predicted octanol–water partition coefficient (Wildman–Crippen LogP) is 2.68. The van der Waals surface area contributed by atoms with Crippen molar-refractivity contribution in [2.24, 2.45) is 0 Å². The van der Waals surface area contributed by atoms with Crippen LogP contribution in [0.4, 0.5) is 10.5 Å². The fourth-order valence-electron chi connectivity index (χ4n) is 3.90. The van der Waals surface area contributed by atoms with E-state index in [-0.39, 0.29) is 5.91 Å². The van der Waals surface area contributed by atoms with Crippen LogP contribution in [0.2, 0.25) is 0 Å². The van der Waals surface area contributed by atoms with Crippen LogP contribution in [0, 0.1) is 6.92 Å². The van der Waals surface area contributed by atoms with Gasteiger partial charge in [0, 0.05) is 24.3 Å². The molecule has 0 saturated carbocycles. The minimum atomic E-state index is -1.02. The van der Waals surface area contributed by atoms with Gasteiger partial charge in [0.1, 0.15) is 12.3 Å². The van der Waals surface area contributed by atoms with E-state index in [2.05, 4.69) is 5.16 Å². The molecule has 1 aromatic heterocycles. The van der Waals surface area contributed by atoms with Crippen molar-refractivity contribution >= 4 is 17.7 Å². The lowest BCUT2D eigenvalue weighted by Crippen LogP contribution is -2.47. The molecule has 1 N–H and O–H groups in total. The van der Waals surface area contributed by atoms with Gasteiger partial charge in [-0.1, -0.05) is 17.3 Å². The molecule has 2 amide bonds. The monoisotopic (exact) mass is 341 g/mol. The van der Waals surface area contributed by atoms with E-state index in [1.807, 2.05) is 25.1 Å². The predicted molar refractivity (Wildman–Crippen MR) is 90.5 cm³/mol. The molecular weight excluding hydrogens is 322 g/mol. The van der Waals surface area contributed by atoms with Crippen molar-refractivity contribution in [1.82, 2.24) is 10.1 Å². The Kier molecular flexibility index (Phi) is 3.71. The number of carbonyl (C=O) groups is 2. The lowest BCUT2D eigenvalue weighted by Gasteiger charge is -2.26. The molecule has 1 aromatic carbocycles. The van der Waals surface area contributed by atoms with Crippen molar-refractivity contribution in [2.45, 2.75) is 32.2 Å². The summed E-state index contributed by atoms with van der Waals surface area (Å²) in [6, 6.07) is 5.26. The molecule has 4 rings (SSSR count). The summed E-state index contributed by atoms with van der Waals surface area (Å²) in [6.07, 6.45) is 2.65. The molecule has 1 atom stereocenters. The number of aryl methyl sites for hydroxylation is 1. The molecule has 25 heavy (non-hydrogen) atoms. The smallest absolute Gasteiger partial charge is 0.407 e. The number of fused-ring (bicyclic) bond motifs is 1. The maximum absolute atomic E-state index is 13.0. The van der Waals surface area contributed by atoms with Crippen LogP contribution in [0.15, 0.2) is 29.0 Å². The van der Waals surface area contributed by atoms with Gasteiger partial charge >= 0.3 is 6.09 Å². The maximum atomic E-state index is 13.0. The molecule has 130 valence electrons. The zero-order valence-corrected chi connectivity index (χ0v) is 13.9. The van der Waals surface area contributed by atoms with Crippen molar-refractivity contribution < 1.29 is 19.2 Å². The summed E-state index contributed by atoms with van der Waals surface area (Å²) in [7, 11) is 0. The molecule has 2 aliphatic rings. The number of aromatic nitrogens is 1. The van der Waals surface area contributed by atoms with Gasteiger partial charge in [-0.3, -0.25) is 9.69 Å². The third-order valence-electron chi connectivity index (χ3n) is 5.12. The van der Waals surface area contributed by atoms with Gasteiger partial charge in [0.2, 0.25) is 5.91 Å². The molecule has 0 aliphatic carbocycles. The van der Waals surface area contributed by atoms with E-state index in [4.69, 9.17) is 4.52 Å². The number of nitrogens with zero attached hydrogens (tertiary/aromatic N) is 3. The maximum Gasteiger partial charge on any atom is 0.407 e. The second-order valence-corrected chi connectivity index (χ2v) is 6.49. The Balaban J connectivity index is 1.68. The molecular formula is C18H19N3O4. The zero-order valence-electron chi connectivity index (χ0n) is 13.9. The first-order chi connectivity index (χ1) is 12.1. The molecule has 0 radical (unpaired) electrons. The number of carbonyl (C=O) groups excluding carboxylic acids is 1. The highest BCUT2D eigenvalue weighted by Crippen LogP contribution is 2.38. The van der Waals surface area contributed by atoms with Gasteiger partial charge in [-0.25, -0.2) is 4.79 Å². The van der Waals surface area contributed by atoms with Gasteiger partial charge in [-0.2, -0.15) is 0 Å². The van der Waals surface area contributed by atoms with Gasteiger partial charge in [0.05, 0.1) is 5.69 Å². The average Bonchev–Trinajstić information content (AvgIpc) is 3.32. The van der Waals surface area contributed by atoms with Gasteiger partial charge in [-0.15, -0.1) is 0 Å². The van der Waals surface area contributed by atoms with Crippen LogP contribution in [0.25, 0.3) is 11.1 Å². The summed E-state index contributed by atoms with van der Waals surface area (Å²) in [5, 5.41) is 13.2. The third kappa shape index (κ3) is 2.47. The Hall–Kier alpha value is -2.83. The van der Waals surface area contributed by atoms with Crippen molar-refractivity contribution in [1.29, 1.82) is 0 Å². The van der Waals surface area contributed by atoms with Gasteiger partial charge < -0.3 is 14.5 Å². The van der Waals surface area contributed by atoms with Crippen molar-refractivity contribution in [3.63, 3.8) is 0 Å². The lowest BCUT2D eigenvalue weighted by atomic mass is 9.98. The van der Waals surface area contributed by atoms with Crippen LogP contribution < -0.4 is 4.90 Å². The van der Waals surface area contributed by atoms with Crippen LogP contribution in [-0.2, 0) is 11.2 Å². The van der Waals surface area contributed by atoms with Crippen LogP contribution in [0.1, 0.15) is 24.1 Å². The molecule has 2 aromatic rings. The van der Waals surface area contributed by atoms with Crippen LogP contribution >= 0.6 is 0 Å². The summed E-state index contributed by atoms with van der Waals surface area (Å²) in [5.74, 6) is -0.127. The number of hydrogen-bond acceptors (Lipinski definition) is 4. The molecule has 7 heteroatoms. The first kappa shape index (κ1) is 15.7. The standard InChI is InChI=1S/C18H19N3O4/c1-11-14(10-25-19-11)12-4-2-5-15-13(12)7-9-20(15)17(22)16-6-3-8-21(16)18(23)24/h2,4-5,10,16H,3,6-9H2,1H3,(H,23,24)/t16-/m0/s1. The third-order valence-corrected chi connectivity index (χ3v) is 5.12. The highest BCUT2D eigenvalue weighted by atomic mass is 16.5. The minimum absolute atomic E-state index is 0.127. The fraction of sp³-hybridized carbons (Fsp3) is 0.389. The number of amides is 2. The van der Waals surface area contributed by atoms with Gasteiger partial charge in [0.25, 0.3) is 0 Å². The van der Waals surface area contributed by atoms with Crippen LogP contribution in [-0.4, -0.2) is 46.3 Å². The van der Waals surface area contributed by atoms with Crippen LogP contribution in [0.3, 0.4) is 0 Å². The number of rotatable bonds is 2. The van der Waals surface area contributed by atoms with Crippen LogP contribution in [0.5, 0.6) is 0 Å². The first-order valence-corrected chi connectivity index (χ1v) is 8.42. The van der Waals surface area contributed by atoms with E-state index in [0.717, 1.165) is 40.9 Å². The Morgan fingerprint density at radius 3 is 2.84 bits per heavy atom. The van der Waals surface area contributed by atoms with E-state index in [1.54, 1.807) is 11.2 Å². The zero-order chi connectivity index (χ0) is 17.6. The second-order valence-electron chi connectivity index (χ2n) is 6.49. The van der Waals surface area contributed by atoms with Crippen molar-refractivity contribution in [2.75, 3.05) is 18.0 Å². The van der Waals surface area contributed by atoms with E-state index in [1.165, 1.54) is 4.90 Å². The molecule has 3 heterocycles. The van der Waals surface area contributed by atoms with E-state index < -0.39 is 12.1 Å². The summed E-state index contributed by atoms with van der Waals surface area (Å²) < 4.78 is 5.05. The topological polar surface area (TPSA) is 86.9 Å². The average molecular weight is 341 g/mol. The SMILES string of the molecule is Cc1nocc1-c1cccc2c1CCN2C(=O)[C@@H]1CCCN1C(=O)O. The van der Waals surface area contributed by atoms with E-state index >= 15 is 0 Å². The number of carboxylic acid groups (broad SMARTS) is 1. The summed E-state index contributed by atoms with van der Waals surface area (Å²) >= 11 is 0. The molecule has 0 unspecified atom stereocenters. The quantitative estimate of drug-likeness (QED) is 0.907. The highest BCUT2D eigenvalue weighted by Gasteiger charge is 2.39. The number of hydrogen-bond donors (Lipinski definition) is 1. The van der Waals surface area contributed by atoms with E-state index in [9.17, 15) is 14.7 Å². The Morgan fingerprint density at radius 2 is 2.12 bits per heavy atom. The Bertz CT molecular complexity index is 845. The van der Waals surface area contributed by atoms with Crippen molar-refractivity contribution in [3.8, 4) is 11.1 Å². The molecule has 7 nitrogen and oxygen atoms in total. The Labute approximate surface area is 144 Å². The number of likely N-dealkylation sites (tertiary alicyclic amines) is 1. The summed E-state index contributed by atoms with van der Waals surface area (Å²) in [5.41, 5.74) is 4.71. The lowest BCUT2D eigenvalue weighted by molar-refractivity contribution is -0.122. The van der Waals surface area contributed by atoms with Gasteiger partial charge in [-0.05, 0) is 43.4 Å². The highest BCUT2D eigenvalue weighted by molar-refractivity contribution is 6.01. The molecule has 0 bridgehead atoms. The first-order valence-electron chi connectivity index (χ1n) is 8.42. The normalized spacial score (nSPS) is 19.3. The second kappa shape index (κ2) is 5.91. The Morgan fingerprint density at radius 1 is 1.28 bits per heavy atom.